The Morgan fingerprint density at radius 1 is 1.06 bits per heavy atom. The second-order valence-electron chi connectivity index (χ2n) is 8.97. The van der Waals surface area contributed by atoms with Crippen molar-refractivity contribution in [1.82, 2.24) is 15.5 Å². The van der Waals surface area contributed by atoms with Crippen molar-refractivity contribution in [2.45, 2.75) is 45.2 Å². The molecule has 2 aliphatic rings. The van der Waals surface area contributed by atoms with Crippen LogP contribution in [0.3, 0.4) is 0 Å². The number of ether oxygens (including phenoxy) is 1. The summed E-state index contributed by atoms with van der Waals surface area (Å²) >= 11 is 0. The number of carbonyl (C=O) groups is 3. The molecule has 2 aromatic carbocycles. The van der Waals surface area contributed by atoms with E-state index in [1.807, 2.05) is 24.3 Å². The van der Waals surface area contributed by atoms with Crippen molar-refractivity contribution in [3.8, 4) is 5.75 Å². The lowest BCUT2D eigenvalue weighted by Crippen LogP contribution is -2.61. The van der Waals surface area contributed by atoms with Gasteiger partial charge in [0.1, 0.15) is 5.75 Å². The molecular weight excluding hydrogens is 418 g/mol. The van der Waals surface area contributed by atoms with E-state index in [4.69, 9.17) is 4.74 Å². The Morgan fingerprint density at radius 2 is 1.76 bits per heavy atom. The van der Waals surface area contributed by atoms with E-state index in [0.717, 1.165) is 17.7 Å². The fourth-order valence-corrected chi connectivity index (χ4v) is 4.69. The zero-order valence-corrected chi connectivity index (χ0v) is 19.2. The van der Waals surface area contributed by atoms with Crippen LogP contribution < -0.4 is 15.4 Å². The number of amides is 4. The molecule has 3 atom stereocenters. The Morgan fingerprint density at radius 3 is 2.45 bits per heavy atom. The monoisotopic (exact) mass is 449 g/mol. The molecule has 0 radical (unpaired) electrons. The van der Waals surface area contributed by atoms with E-state index in [-0.39, 0.29) is 36.2 Å². The largest absolute Gasteiger partial charge is 0.497 e. The van der Waals surface area contributed by atoms with Gasteiger partial charge in [-0.1, -0.05) is 42.0 Å². The maximum atomic E-state index is 13.1. The number of aryl methyl sites for hydroxylation is 1. The van der Waals surface area contributed by atoms with E-state index in [1.165, 1.54) is 16.0 Å². The molecular formula is C26H31N3O4. The van der Waals surface area contributed by atoms with Crippen molar-refractivity contribution in [2.24, 2.45) is 11.8 Å². The van der Waals surface area contributed by atoms with Gasteiger partial charge in [-0.15, -0.1) is 0 Å². The predicted octanol–water partition coefficient (Wildman–Crippen LogP) is 3.20. The van der Waals surface area contributed by atoms with Crippen molar-refractivity contribution in [3.63, 3.8) is 0 Å². The molecule has 4 amide bonds. The van der Waals surface area contributed by atoms with Crippen molar-refractivity contribution in [2.75, 3.05) is 13.7 Å². The highest BCUT2D eigenvalue weighted by molar-refractivity contribution is 5.99. The Bertz CT molecular complexity index is 1000. The number of hydrogen-bond acceptors (Lipinski definition) is 4. The highest BCUT2D eigenvalue weighted by atomic mass is 16.5. The second-order valence-corrected chi connectivity index (χ2v) is 8.97. The van der Waals surface area contributed by atoms with Gasteiger partial charge in [-0.3, -0.25) is 14.5 Å². The zero-order chi connectivity index (χ0) is 23.4. The summed E-state index contributed by atoms with van der Waals surface area (Å²) in [6.45, 7) is 2.85. The highest BCUT2D eigenvalue weighted by Crippen LogP contribution is 2.33. The molecule has 7 nitrogen and oxygen atoms in total. The Labute approximate surface area is 194 Å². The topological polar surface area (TPSA) is 87.7 Å². The van der Waals surface area contributed by atoms with E-state index in [0.29, 0.717) is 25.8 Å². The number of nitrogens with zero attached hydrogens (tertiary/aromatic N) is 1. The standard InChI is InChI=1S/C26H31N3O4/c1-17-3-5-18(6-4-17)13-14-27-24(30)20-9-12-22-23(15-20)28-26(32)29(25(22)31)16-19-7-10-21(33-2)11-8-19/h3-8,10-11,20,22-23H,9,12-16H2,1-2H3,(H,27,30)(H,28,32). The van der Waals surface area contributed by atoms with Gasteiger partial charge in [0.2, 0.25) is 11.8 Å². The molecule has 1 aliphatic carbocycles. The summed E-state index contributed by atoms with van der Waals surface area (Å²) in [5, 5.41) is 6.00. The van der Waals surface area contributed by atoms with Crippen LogP contribution in [0.1, 0.15) is 36.0 Å². The average molecular weight is 450 g/mol. The third-order valence-corrected chi connectivity index (χ3v) is 6.69. The predicted molar refractivity (Wildman–Crippen MR) is 125 cm³/mol. The summed E-state index contributed by atoms with van der Waals surface area (Å²) in [7, 11) is 1.59. The first-order chi connectivity index (χ1) is 15.9. The lowest BCUT2D eigenvalue weighted by atomic mass is 9.76. The van der Waals surface area contributed by atoms with Gasteiger partial charge in [0.05, 0.1) is 19.6 Å². The number of carbonyl (C=O) groups excluding carboxylic acids is 3. The molecule has 3 unspecified atom stereocenters. The molecule has 2 aromatic rings. The first-order valence-corrected chi connectivity index (χ1v) is 11.5. The van der Waals surface area contributed by atoms with Gasteiger partial charge in [-0.2, -0.15) is 0 Å². The summed E-state index contributed by atoms with van der Waals surface area (Å²) in [5.74, 6) is 0.104. The minimum Gasteiger partial charge on any atom is -0.497 e. The molecule has 0 spiro atoms. The molecule has 7 heteroatoms. The van der Waals surface area contributed by atoms with Crippen LogP contribution in [0.5, 0.6) is 5.75 Å². The van der Waals surface area contributed by atoms with Gasteiger partial charge < -0.3 is 15.4 Å². The third kappa shape index (κ3) is 5.35. The average Bonchev–Trinajstić information content (AvgIpc) is 2.83. The Balaban J connectivity index is 1.29. The molecule has 2 N–H and O–H groups in total. The van der Waals surface area contributed by atoms with Crippen molar-refractivity contribution in [1.29, 1.82) is 0 Å². The molecule has 2 fully saturated rings. The fraction of sp³-hybridized carbons (Fsp3) is 0.423. The Hall–Kier alpha value is -3.35. The second kappa shape index (κ2) is 10.1. The lowest BCUT2D eigenvalue weighted by Gasteiger charge is -2.42. The van der Waals surface area contributed by atoms with Crippen molar-refractivity contribution < 1.29 is 19.1 Å². The maximum absolute atomic E-state index is 13.1. The number of urea groups is 1. The number of methoxy groups -OCH3 is 1. The molecule has 1 saturated carbocycles. The molecule has 174 valence electrons. The summed E-state index contributed by atoms with van der Waals surface area (Å²) < 4.78 is 5.16. The minimum absolute atomic E-state index is 0.00271. The fourth-order valence-electron chi connectivity index (χ4n) is 4.69. The quantitative estimate of drug-likeness (QED) is 0.680. The van der Waals surface area contributed by atoms with Gasteiger partial charge in [0.25, 0.3) is 0 Å². The number of benzene rings is 2. The van der Waals surface area contributed by atoms with Gasteiger partial charge in [0.15, 0.2) is 0 Å². The third-order valence-electron chi connectivity index (χ3n) is 6.69. The van der Waals surface area contributed by atoms with Crippen LogP contribution in [0.25, 0.3) is 0 Å². The van der Waals surface area contributed by atoms with Gasteiger partial charge in [-0.25, -0.2) is 4.79 Å². The lowest BCUT2D eigenvalue weighted by molar-refractivity contribution is -0.139. The minimum atomic E-state index is -0.391. The van der Waals surface area contributed by atoms with Crippen LogP contribution in [0.15, 0.2) is 48.5 Å². The normalized spacial score (nSPS) is 22.4. The van der Waals surface area contributed by atoms with Gasteiger partial charge in [-0.05, 0) is 55.9 Å². The van der Waals surface area contributed by atoms with Crippen LogP contribution >= 0.6 is 0 Å². The number of nitrogens with one attached hydrogen (secondary N) is 2. The van der Waals surface area contributed by atoms with Gasteiger partial charge >= 0.3 is 6.03 Å². The molecule has 1 aliphatic heterocycles. The van der Waals surface area contributed by atoms with Crippen LogP contribution in [-0.2, 0) is 22.6 Å². The molecule has 4 rings (SSSR count). The maximum Gasteiger partial charge on any atom is 0.324 e. The number of hydrogen-bond donors (Lipinski definition) is 2. The van der Waals surface area contributed by atoms with Gasteiger partial charge in [0, 0.05) is 18.5 Å². The smallest absolute Gasteiger partial charge is 0.324 e. The first-order valence-electron chi connectivity index (χ1n) is 11.5. The number of imide groups is 1. The summed E-state index contributed by atoms with van der Waals surface area (Å²) in [5.41, 5.74) is 3.26. The highest BCUT2D eigenvalue weighted by Gasteiger charge is 2.45. The van der Waals surface area contributed by atoms with Crippen LogP contribution in [0.2, 0.25) is 0 Å². The summed E-state index contributed by atoms with van der Waals surface area (Å²) in [6.07, 6.45) is 2.52. The van der Waals surface area contributed by atoms with Crippen molar-refractivity contribution in [3.05, 3.63) is 65.2 Å². The molecule has 0 aromatic heterocycles. The number of rotatable bonds is 7. The molecule has 1 saturated heterocycles. The van der Waals surface area contributed by atoms with E-state index >= 15 is 0 Å². The van der Waals surface area contributed by atoms with Crippen molar-refractivity contribution >= 4 is 17.8 Å². The summed E-state index contributed by atoms with van der Waals surface area (Å²) in [4.78, 5) is 39.7. The molecule has 0 bridgehead atoms. The Kier molecular flexibility index (Phi) is 6.96. The SMILES string of the molecule is COc1ccc(CN2C(=O)NC3CC(C(=O)NCCc4ccc(C)cc4)CCC3C2=O)cc1. The van der Waals surface area contributed by atoms with E-state index in [1.54, 1.807) is 7.11 Å². The first kappa shape index (κ1) is 22.8. The van der Waals surface area contributed by atoms with Crippen LogP contribution in [0.4, 0.5) is 4.79 Å². The van der Waals surface area contributed by atoms with Crippen LogP contribution in [-0.4, -0.2) is 42.4 Å². The molecule has 33 heavy (non-hydrogen) atoms. The van der Waals surface area contributed by atoms with E-state index < -0.39 is 6.03 Å². The number of fused-ring (bicyclic) bond motifs is 1. The van der Waals surface area contributed by atoms with Crippen LogP contribution in [0, 0.1) is 18.8 Å². The zero-order valence-electron chi connectivity index (χ0n) is 19.2. The van der Waals surface area contributed by atoms with E-state index in [2.05, 4.69) is 41.8 Å². The van der Waals surface area contributed by atoms with E-state index in [9.17, 15) is 14.4 Å². The molecule has 1 heterocycles. The summed E-state index contributed by atoms with van der Waals surface area (Å²) in [6, 6.07) is 14.9.